The summed E-state index contributed by atoms with van der Waals surface area (Å²) in [5.41, 5.74) is 7.18. The number of β-lactam (4-membered cyclic amide) rings is 1. The second kappa shape index (κ2) is 14.7. The molecule has 1 fully saturated rings. The number of thiazole rings is 1. The van der Waals surface area contributed by atoms with E-state index in [0.29, 0.717) is 29.8 Å². The molecule has 0 saturated carbocycles. The summed E-state index contributed by atoms with van der Waals surface area (Å²) in [7, 11) is 1.85. The number of carboxylic acid groups (broad SMARTS) is 1. The quantitative estimate of drug-likeness (QED) is 0.0378. The second-order valence-electron chi connectivity index (χ2n) is 10.6. The van der Waals surface area contributed by atoms with Crippen molar-refractivity contribution in [3.63, 3.8) is 0 Å². The maximum atomic E-state index is 13.4. The van der Waals surface area contributed by atoms with E-state index in [9.17, 15) is 19.2 Å². The number of rotatable bonds is 13. The third kappa shape index (κ3) is 7.22. The van der Waals surface area contributed by atoms with Crippen molar-refractivity contribution in [2.45, 2.75) is 47.7 Å². The molecule has 0 bridgehead atoms. The highest BCUT2D eigenvalue weighted by Gasteiger charge is 2.53. The minimum absolute atomic E-state index is 0.00803. The fourth-order valence-electron chi connectivity index (χ4n) is 5.09. The van der Waals surface area contributed by atoms with Gasteiger partial charge in [-0.2, -0.15) is 0 Å². The number of alkyl halides is 3. The zero-order valence-corrected chi connectivity index (χ0v) is 29.8. The first-order chi connectivity index (χ1) is 22.8. The monoisotopic (exact) mass is 778 g/mol. The summed E-state index contributed by atoms with van der Waals surface area (Å²) in [6.45, 7) is 2.70. The molecular weight excluding hydrogens is 752 g/mol. The molecule has 15 nitrogen and oxygen atoms in total. The minimum Gasteiger partial charge on any atom is -0.478 e. The number of imidazole rings is 1. The molecule has 3 aromatic heterocycles. The van der Waals surface area contributed by atoms with Gasteiger partial charge in [-0.05, 0) is 44.1 Å². The average molecular weight is 781 g/mol. The van der Waals surface area contributed by atoms with Crippen molar-refractivity contribution >= 4 is 116 Å². The largest absolute Gasteiger partial charge is 0.478 e. The molecule has 0 radical (unpaired) electrons. The molecule has 5 heterocycles. The number of carbonyl (C=O) groups is 4. The number of aromatic nitrogens is 4. The van der Waals surface area contributed by atoms with E-state index in [4.69, 9.17) is 62.1 Å². The Morgan fingerprint density at radius 2 is 2.10 bits per heavy atom. The Balaban J connectivity index is 1.39. The molecule has 2 unspecified atom stereocenters. The first-order valence-electron chi connectivity index (χ1n) is 14.2. The van der Waals surface area contributed by atoms with E-state index in [1.165, 1.54) is 23.6 Å². The Morgan fingerprint density at radius 1 is 1.35 bits per heavy atom. The Bertz CT molecular complexity index is 1840. The molecule has 48 heavy (non-hydrogen) atoms. The zero-order valence-electron chi connectivity index (χ0n) is 25.2. The number of pyridine rings is 1. The Labute approximate surface area is 301 Å². The van der Waals surface area contributed by atoms with Crippen molar-refractivity contribution in [3.8, 4) is 0 Å². The molecule has 256 valence electrons. The lowest BCUT2D eigenvalue weighted by atomic mass is 10.0. The third-order valence-electron chi connectivity index (χ3n) is 7.39. The van der Waals surface area contributed by atoms with Crippen LogP contribution in [0.3, 0.4) is 0 Å². The number of nitrogens with one attached hydrogen (secondary N) is 2. The number of thioether (sulfide) groups is 1. The molecule has 2 aliphatic rings. The number of hydrogen-bond donors (Lipinski definition) is 4. The SMILES string of the molecule is CNCCCn1c(C(Cl)(Cl)Cl)nc2c1ccc[n+]2CC1=C(C=O)N2C(=O)C(NC(=O)/C(=N\O[C@@H](C)C(=O)O)c3nc(N)sc3Cl)C2SC1. The van der Waals surface area contributed by atoms with Gasteiger partial charge in [-0.1, -0.05) is 62.9 Å². The molecule has 2 aliphatic heterocycles. The minimum atomic E-state index is -1.79. The number of nitrogens with zero attached hydrogens (tertiary/aromatic N) is 6. The lowest BCUT2D eigenvalue weighted by molar-refractivity contribution is -0.664. The van der Waals surface area contributed by atoms with Crippen LogP contribution in [-0.2, 0) is 40.9 Å². The number of anilines is 1. The highest BCUT2D eigenvalue weighted by atomic mass is 35.6. The van der Waals surface area contributed by atoms with E-state index in [0.717, 1.165) is 29.8 Å². The van der Waals surface area contributed by atoms with E-state index in [1.807, 2.05) is 28.3 Å². The molecule has 5 N–H and O–H groups in total. The van der Waals surface area contributed by atoms with Crippen LogP contribution in [-0.4, -0.2) is 91.2 Å². The van der Waals surface area contributed by atoms with Crippen LogP contribution < -0.4 is 20.9 Å². The van der Waals surface area contributed by atoms with Gasteiger partial charge in [-0.15, -0.1) is 11.8 Å². The van der Waals surface area contributed by atoms with Crippen molar-refractivity contribution in [3.05, 3.63) is 45.5 Å². The smallest absolute Gasteiger partial charge is 0.349 e. The molecule has 3 atom stereocenters. The lowest BCUT2D eigenvalue weighted by Gasteiger charge is -2.49. The summed E-state index contributed by atoms with van der Waals surface area (Å²) in [5, 5.41) is 17.9. The Morgan fingerprint density at radius 3 is 2.73 bits per heavy atom. The van der Waals surface area contributed by atoms with Gasteiger partial charge in [0.2, 0.25) is 6.10 Å². The fourth-order valence-corrected chi connectivity index (χ4v) is 7.81. The second-order valence-corrected chi connectivity index (χ2v) is 15.6. The van der Waals surface area contributed by atoms with Gasteiger partial charge >= 0.3 is 11.6 Å². The number of aryl methyl sites for hydroxylation is 1. The van der Waals surface area contributed by atoms with E-state index >= 15 is 0 Å². The van der Waals surface area contributed by atoms with Gasteiger partial charge in [0, 0.05) is 17.9 Å². The van der Waals surface area contributed by atoms with E-state index in [-0.39, 0.29) is 33.2 Å². The van der Waals surface area contributed by atoms with Crippen LogP contribution in [0.5, 0.6) is 0 Å². The lowest BCUT2D eigenvalue weighted by Crippen LogP contribution is -2.70. The van der Waals surface area contributed by atoms with Gasteiger partial charge in [-0.3, -0.25) is 23.9 Å². The number of halogens is 4. The van der Waals surface area contributed by atoms with Crippen molar-refractivity contribution in [1.82, 2.24) is 30.1 Å². The number of fused-ring (bicyclic) bond motifs is 2. The van der Waals surface area contributed by atoms with Gasteiger partial charge in [0.15, 0.2) is 17.1 Å². The van der Waals surface area contributed by atoms with Gasteiger partial charge in [0.1, 0.15) is 33.5 Å². The number of carbonyl (C=O) groups excluding carboxylic acids is 3. The van der Waals surface area contributed by atoms with Crippen LogP contribution in [0.4, 0.5) is 5.13 Å². The molecule has 0 aromatic carbocycles. The van der Waals surface area contributed by atoms with Gasteiger partial charge in [0.05, 0.1) is 11.9 Å². The summed E-state index contributed by atoms with van der Waals surface area (Å²) in [6.07, 6.45) is 1.74. The fraction of sp³-hybridized carbons (Fsp3) is 0.407. The third-order valence-corrected chi connectivity index (χ3v) is 10.3. The van der Waals surface area contributed by atoms with Crippen molar-refractivity contribution in [1.29, 1.82) is 0 Å². The molecule has 3 aromatic rings. The first-order valence-corrected chi connectivity index (χ1v) is 17.6. The number of amides is 2. The maximum Gasteiger partial charge on any atom is 0.349 e. The number of nitrogens with two attached hydrogens (primary N) is 1. The van der Waals surface area contributed by atoms with Crippen LogP contribution in [0.25, 0.3) is 11.2 Å². The van der Waals surface area contributed by atoms with Crippen LogP contribution in [0.1, 0.15) is 24.9 Å². The predicted octanol–water partition coefficient (Wildman–Crippen LogP) is 2.20. The highest BCUT2D eigenvalue weighted by Crippen LogP contribution is 2.41. The van der Waals surface area contributed by atoms with Crippen molar-refractivity contribution in [2.75, 3.05) is 25.1 Å². The first kappa shape index (κ1) is 36.1. The molecule has 0 aliphatic carbocycles. The molecule has 1 saturated heterocycles. The summed E-state index contributed by atoms with van der Waals surface area (Å²) < 4.78 is 1.89. The topological polar surface area (TPSA) is 198 Å². The molecular formula is C27H28Cl4N9O6S2+. The molecule has 5 rings (SSSR count). The number of hydrogen-bond acceptors (Lipinski definition) is 12. The Kier molecular flexibility index (Phi) is 11.1. The summed E-state index contributed by atoms with van der Waals surface area (Å²) in [5.74, 6) is -2.18. The zero-order chi connectivity index (χ0) is 34.9. The van der Waals surface area contributed by atoms with Gasteiger partial charge < -0.3 is 26.3 Å². The van der Waals surface area contributed by atoms with Crippen molar-refractivity contribution in [2.24, 2.45) is 5.16 Å². The van der Waals surface area contributed by atoms with Crippen LogP contribution in [0.15, 0.2) is 34.8 Å². The normalized spacial score (nSPS) is 18.8. The van der Waals surface area contributed by atoms with Gasteiger partial charge in [-0.25, -0.2) is 14.3 Å². The molecule has 2 amide bonds. The number of nitrogen functional groups attached to an aromatic ring is 1. The Hall–Kier alpha value is -3.19. The summed E-state index contributed by atoms with van der Waals surface area (Å²) in [4.78, 5) is 65.3. The number of aldehydes is 1. The number of aliphatic carboxylic acids is 1. The average Bonchev–Trinajstić information content (AvgIpc) is 3.59. The summed E-state index contributed by atoms with van der Waals surface area (Å²) >= 11 is 27.3. The van der Waals surface area contributed by atoms with Gasteiger partial charge in [0.25, 0.3) is 21.4 Å². The molecule has 21 heteroatoms. The van der Waals surface area contributed by atoms with Crippen LogP contribution in [0, 0.1) is 0 Å². The van der Waals surface area contributed by atoms with E-state index in [1.54, 1.807) is 6.20 Å². The highest BCUT2D eigenvalue weighted by molar-refractivity contribution is 8.00. The maximum absolute atomic E-state index is 13.4. The molecule has 0 spiro atoms. The standard InChI is InChI=1S/C27H27Cl4N9O6S2/c1-12(24(44)45)46-37-17(16-19(28)48-26(32)35-16)21(42)34-18-22(43)40-15(10-41)13(11-47-23(18)40)9-38-7-3-5-14-20(38)36-25(27(29,30)31)39(14)8-4-6-33-2/h3,5,7,10,12,18,23,33H,4,6,8-9,11H2,1-2H3,(H3-,32,34,35,42,44,45)/p+1/b37-17-/t12-,18?,23?/m0/s1. The van der Waals surface area contributed by atoms with Crippen LogP contribution >= 0.6 is 69.5 Å². The van der Waals surface area contributed by atoms with Crippen molar-refractivity contribution < 1.29 is 33.7 Å². The number of allylic oxidation sites excluding steroid dienone is 1. The van der Waals surface area contributed by atoms with E-state index in [2.05, 4.69) is 25.8 Å². The van der Waals surface area contributed by atoms with E-state index < -0.39 is 44.8 Å². The summed E-state index contributed by atoms with van der Waals surface area (Å²) in [6, 6.07) is 2.64. The van der Waals surface area contributed by atoms with Crippen LogP contribution in [0.2, 0.25) is 4.34 Å². The number of oxime groups is 1. The predicted molar refractivity (Wildman–Crippen MR) is 182 cm³/mol. The number of carboxylic acids is 1.